The zero-order valence-corrected chi connectivity index (χ0v) is 16.3. The maximum Gasteiger partial charge on any atom is 0.252 e. The van der Waals surface area contributed by atoms with Crippen molar-refractivity contribution in [1.29, 1.82) is 0 Å². The summed E-state index contributed by atoms with van der Waals surface area (Å²) in [6, 6.07) is 18.2. The Kier molecular flexibility index (Phi) is 5.16. The summed E-state index contributed by atoms with van der Waals surface area (Å²) in [5, 5.41) is 14.2. The van der Waals surface area contributed by atoms with Crippen LogP contribution in [0.5, 0.6) is 5.75 Å². The number of benzene rings is 2. The zero-order chi connectivity index (χ0) is 20.4. The fourth-order valence-electron chi connectivity index (χ4n) is 3.95. The van der Waals surface area contributed by atoms with Gasteiger partial charge in [0.25, 0.3) is 5.43 Å². The first-order valence-corrected chi connectivity index (χ1v) is 9.78. The van der Waals surface area contributed by atoms with Crippen molar-refractivity contribution in [2.24, 2.45) is 0 Å². The highest BCUT2D eigenvalue weighted by atomic mass is 16.3. The van der Waals surface area contributed by atoms with Gasteiger partial charge < -0.3 is 10.0 Å². The van der Waals surface area contributed by atoms with Gasteiger partial charge in [0.05, 0.1) is 17.6 Å². The van der Waals surface area contributed by atoms with E-state index in [-0.39, 0.29) is 5.69 Å². The fourth-order valence-corrected chi connectivity index (χ4v) is 3.95. The first-order valence-electron chi connectivity index (χ1n) is 9.78. The number of aromatic nitrogens is 2. The average molecular weight is 389 g/mol. The minimum absolute atomic E-state index is 0.263. The Morgan fingerprint density at radius 2 is 1.76 bits per heavy atom. The number of carbonyl (C=O) groups is 1. The van der Waals surface area contributed by atoms with Crippen LogP contribution in [0.2, 0.25) is 0 Å². The molecule has 0 bridgehead atoms. The van der Waals surface area contributed by atoms with E-state index in [4.69, 9.17) is 0 Å². The van der Waals surface area contributed by atoms with Gasteiger partial charge in [0.15, 0.2) is 17.2 Å². The van der Waals surface area contributed by atoms with Crippen molar-refractivity contribution in [2.75, 3.05) is 18.0 Å². The Hall–Kier alpha value is -3.41. The van der Waals surface area contributed by atoms with E-state index in [1.807, 2.05) is 30.3 Å². The van der Waals surface area contributed by atoms with E-state index >= 15 is 0 Å². The molecule has 1 saturated heterocycles. The topological polar surface area (TPSA) is 75.4 Å². The van der Waals surface area contributed by atoms with Gasteiger partial charge in [-0.1, -0.05) is 42.5 Å². The van der Waals surface area contributed by atoms with Crippen LogP contribution in [0.15, 0.2) is 65.6 Å². The molecule has 1 unspecified atom stereocenters. The number of Topliss-reactive ketones (excluding diaryl/α,β-unsaturated/α-hetero) is 1. The van der Waals surface area contributed by atoms with Crippen molar-refractivity contribution in [3.63, 3.8) is 0 Å². The quantitative estimate of drug-likeness (QED) is 0.691. The molecule has 2 aromatic carbocycles. The van der Waals surface area contributed by atoms with Gasteiger partial charge in [-0.15, -0.1) is 0 Å². The summed E-state index contributed by atoms with van der Waals surface area (Å²) in [5.41, 5.74) is 2.00. The molecule has 1 N–H and O–H groups in total. The molecule has 0 radical (unpaired) electrons. The van der Waals surface area contributed by atoms with Crippen molar-refractivity contribution < 1.29 is 9.90 Å². The number of anilines is 1. The van der Waals surface area contributed by atoms with Crippen LogP contribution >= 0.6 is 0 Å². The molecule has 0 saturated carbocycles. The molecule has 29 heavy (non-hydrogen) atoms. The Morgan fingerprint density at radius 1 is 1.07 bits per heavy atom. The Morgan fingerprint density at radius 3 is 2.48 bits per heavy atom. The van der Waals surface area contributed by atoms with E-state index in [1.165, 1.54) is 23.4 Å². The number of rotatable bonds is 4. The van der Waals surface area contributed by atoms with Crippen LogP contribution in [0.1, 0.15) is 41.7 Å². The minimum Gasteiger partial charge on any atom is -0.503 e. The van der Waals surface area contributed by atoms with Crippen LogP contribution in [-0.4, -0.2) is 33.8 Å². The minimum atomic E-state index is -0.742. The third kappa shape index (κ3) is 3.78. The molecule has 1 atom stereocenters. The lowest BCUT2D eigenvalue weighted by molar-refractivity contribution is 0.100. The van der Waals surface area contributed by atoms with Crippen molar-refractivity contribution in [1.82, 2.24) is 9.78 Å². The maximum absolute atomic E-state index is 12.0. The van der Waals surface area contributed by atoms with Gasteiger partial charge in [0, 0.05) is 25.9 Å². The van der Waals surface area contributed by atoms with E-state index in [9.17, 15) is 14.7 Å². The average Bonchev–Trinajstić information content (AvgIpc) is 2.76. The van der Waals surface area contributed by atoms with Crippen molar-refractivity contribution in [2.45, 2.75) is 25.7 Å². The highest BCUT2D eigenvalue weighted by Gasteiger charge is 2.24. The molecule has 1 aromatic heterocycles. The third-order valence-electron chi connectivity index (χ3n) is 5.40. The van der Waals surface area contributed by atoms with Crippen LogP contribution in [0.4, 0.5) is 5.69 Å². The van der Waals surface area contributed by atoms with Crippen molar-refractivity contribution >= 4 is 11.5 Å². The van der Waals surface area contributed by atoms with E-state index in [1.54, 1.807) is 0 Å². The molecule has 1 fully saturated rings. The van der Waals surface area contributed by atoms with E-state index in [2.05, 4.69) is 34.3 Å². The standard InChI is InChI=1S/C23H23N3O3/c1-16(27)22-23(29)21(28)15-26(24-22)20-12-6-5-11-19(20)25-13-7-10-18(14-25)17-8-3-2-4-9-17/h2-6,8-9,11-12,15,18,28H,7,10,13-14H2,1H3. The number of para-hydroxylation sites is 2. The SMILES string of the molecule is CC(=O)c1nn(-c2ccccc2N2CCCC(c3ccccc3)C2)cc(O)c1=O. The summed E-state index contributed by atoms with van der Waals surface area (Å²) in [4.78, 5) is 26.1. The summed E-state index contributed by atoms with van der Waals surface area (Å²) >= 11 is 0. The number of hydrogen-bond acceptors (Lipinski definition) is 5. The zero-order valence-electron chi connectivity index (χ0n) is 16.3. The normalized spacial score (nSPS) is 16.6. The maximum atomic E-state index is 12.0. The summed E-state index contributed by atoms with van der Waals surface area (Å²) in [5.74, 6) is -0.527. The molecule has 0 amide bonds. The van der Waals surface area contributed by atoms with Crippen LogP contribution in [0.3, 0.4) is 0 Å². The molecule has 3 aromatic rings. The van der Waals surface area contributed by atoms with Gasteiger partial charge in [-0.05, 0) is 30.5 Å². The van der Waals surface area contributed by atoms with Crippen LogP contribution in [0.25, 0.3) is 5.69 Å². The summed E-state index contributed by atoms with van der Waals surface area (Å²) in [6.07, 6.45) is 3.47. The molecule has 4 rings (SSSR count). The monoisotopic (exact) mass is 389 g/mol. The van der Waals surface area contributed by atoms with Gasteiger partial charge in [-0.2, -0.15) is 5.10 Å². The molecule has 1 aliphatic heterocycles. The van der Waals surface area contributed by atoms with Gasteiger partial charge >= 0.3 is 0 Å². The Labute approximate surface area is 169 Å². The summed E-state index contributed by atoms with van der Waals surface area (Å²) < 4.78 is 1.43. The molecule has 0 aliphatic carbocycles. The second-order valence-electron chi connectivity index (χ2n) is 7.38. The summed E-state index contributed by atoms with van der Waals surface area (Å²) in [6.45, 7) is 3.05. The largest absolute Gasteiger partial charge is 0.503 e. The summed E-state index contributed by atoms with van der Waals surface area (Å²) in [7, 11) is 0. The first-order chi connectivity index (χ1) is 14.0. The van der Waals surface area contributed by atoms with E-state index < -0.39 is 17.0 Å². The third-order valence-corrected chi connectivity index (χ3v) is 5.40. The van der Waals surface area contributed by atoms with E-state index in [0.29, 0.717) is 5.92 Å². The van der Waals surface area contributed by atoms with E-state index in [0.717, 1.165) is 37.3 Å². The highest BCUT2D eigenvalue weighted by molar-refractivity contribution is 5.92. The number of ketones is 1. The number of hydrogen-bond donors (Lipinski definition) is 1. The second-order valence-corrected chi connectivity index (χ2v) is 7.38. The Bertz CT molecular complexity index is 1090. The second kappa shape index (κ2) is 7.91. The Balaban J connectivity index is 1.73. The molecular formula is C23H23N3O3. The van der Waals surface area contributed by atoms with Gasteiger partial charge in [-0.25, -0.2) is 4.68 Å². The van der Waals surface area contributed by atoms with Gasteiger partial charge in [0.1, 0.15) is 0 Å². The molecule has 0 spiro atoms. The van der Waals surface area contributed by atoms with Crippen LogP contribution in [-0.2, 0) is 0 Å². The molecular weight excluding hydrogens is 366 g/mol. The van der Waals surface area contributed by atoms with Crippen LogP contribution in [0, 0.1) is 0 Å². The fraction of sp³-hybridized carbons (Fsp3) is 0.261. The van der Waals surface area contributed by atoms with Gasteiger partial charge in [-0.3, -0.25) is 9.59 Å². The predicted octanol–water partition coefficient (Wildman–Crippen LogP) is 3.52. The first kappa shape index (κ1) is 18.9. The van der Waals surface area contributed by atoms with Crippen LogP contribution < -0.4 is 10.3 Å². The van der Waals surface area contributed by atoms with Crippen molar-refractivity contribution in [3.8, 4) is 11.4 Å². The number of piperidine rings is 1. The number of nitrogens with zero attached hydrogens (tertiary/aromatic N) is 3. The molecule has 2 heterocycles. The molecule has 1 aliphatic rings. The lowest BCUT2D eigenvalue weighted by atomic mass is 9.90. The van der Waals surface area contributed by atoms with Gasteiger partial charge in [0.2, 0.25) is 0 Å². The lowest BCUT2D eigenvalue weighted by Gasteiger charge is -2.35. The molecule has 6 heteroatoms. The highest BCUT2D eigenvalue weighted by Crippen LogP contribution is 2.32. The molecule has 6 nitrogen and oxygen atoms in total. The molecule has 148 valence electrons. The lowest BCUT2D eigenvalue weighted by Crippen LogP contribution is -2.35. The number of carbonyl (C=O) groups excluding carboxylic acids is 1. The number of aromatic hydroxyl groups is 1. The predicted molar refractivity (Wildman–Crippen MR) is 112 cm³/mol. The van der Waals surface area contributed by atoms with Crippen molar-refractivity contribution in [3.05, 3.63) is 82.3 Å². The smallest absolute Gasteiger partial charge is 0.252 e.